The van der Waals surface area contributed by atoms with Crippen LogP contribution in [0.1, 0.15) is 28.9 Å². The Kier molecular flexibility index (Phi) is 4.16. The van der Waals surface area contributed by atoms with Crippen molar-refractivity contribution in [1.29, 1.82) is 0 Å². The number of hydrogen-bond acceptors (Lipinski definition) is 4. The summed E-state index contributed by atoms with van der Waals surface area (Å²) in [6.07, 6.45) is 0. The monoisotopic (exact) mass is 279 g/mol. The quantitative estimate of drug-likeness (QED) is 0.864. The molecule has 0 radical (unpaired) electrons. The van der Waals surface area contributed by atoms with Crippen LogP contribution < -0.4 is 5.32 Å². The average molecular weight is 279 g/mol. The fourth-order valence-corrected chi connectivity index (χ4v) is 2.52. The van der Waals surface area contributed by atoms with Gasteiger partial charge in [0.2, 0.25) is 0 Å². The van der Waals surface area contributed by atoms with Gasteiger partial charge in [0.25, 0.3) is 0 Å². The zero-order valence-electron chi connectivity index (χ0n) is 10.6. The summed E-state index contributed by atoms with van der Waals surface area (Å²) in [6, 6.07) is 5.93. The number of benzene rings is 1. The lowest BCUT2D eigenvalue weighted by molar-refractivity contribution is 0.0601. The summed E-state index contributed by atoms with van der Waals surface area (Å²) in [6.45, 7) is 1.95. The van der Waals surface area contributed by atoms with Gasteiger partial charge in [0.15, 0.2) is 0 Å². The lowest BCUT2D eigenvalue weighted by atomic mass is 10.1. The smallest absolute Gasteiger partial charge is 0.339 e. The highest BCUT2D eigenvalue weighted by atomic mass is 32.1. The number of esters is 1. The van der Waals surface area contributed by atoms with E-state index < -0.39 is 11.8 Å². The van der Waals surface area contributed by atoms with Crippen LogP contribution in [0.25, 0.3) is 0 Å². The lowest BCUT2D eigenvalue weighted by Gasteiger charge is -2.16. The summed E-state index contributed by atoms with van der Waals surface area (Å²) < 4.78 is 18.0. The summed E-state index contributed by atoms with van der Waals surface area (Å²) in [5, 5.41) is 7.12. The van der Waals surface area contributed by atoms with Crippen LogP contribution in [-0.2, 0) is 4.74 Å². The van der Waals surface area contributed by atoms with Gasteiger partial charge in [-0.25, -0.2) is 9.18 Å². The second-order valence-corrected chi connectivity index (χ2v) is 4.88. The number of nitrogens with one attached hydrogen (secondary N) is 1. The van der Waals surface area contributed by atoms with E-state index in [0.29, 0.717) is 11.3 Å². The second kappa shape index (κ2) is 5.84. The number of methoxy groups -OCH3 is 1. The van der Waals surface area contributed by atoms with E-state index in [9.17, 15) is 9.18 Å². The number of thiophene rings is 1. The van der Waals surface area contributed by atoms with Gasteiger partial charge in [-0.05, 0) is 47.5 Å². The van der Waals surface area contributed by atoms with Crippen molar-refractivity contribution >= 4 is 23.0 Å². The number of carbonyl (C=O) groups is 1. The predicted octanol–water partition coefficient (Wildman–Crippen LogP) is 3.85. The molecule has 0 saturated heterocycles. The molecule has 5 heteroatoms. The standard InChI is InChI=1S/C14H14FNO2S/c1-9(10-5-6-19-8-10)16-13-7-11(15)3-4-12(13)14(17)18-2/h3-9,16H,1-2H3. The normalized spacial score (nSPS) is 11.9. The molecule has 2 aromatic rings. The van der Waals surface area contributed by atoms with Crippen LogP contribution in [0.4, 0.5) is 10.1 Å². The molecule has 0 bridgehead atoms. The van der Waals surface area contributed by atoms with Gasteiger partial charge in [-0.15, -0.1) is 0 Å². The molecule has 1 unspecified atom stereocenters. The molecule has 1 atom stereocenters. The van der Waals surface area contributed by atoms with Crippen LogP contribution in [0, 0.1) is 5.82 Å². The molecule has 3 nitrogen and oxygen atoms in total. The van der Waals surface area contributed by atoms with Gasteiger partial charge in [0.1, 0.15) is 5.82 Å². The van der Waals surface area contributed by atoms with Crippen molar-refractivity contribution in [3.05, 3.63) is 52.0 Å². The Labute approximate surface area is 115 Å². The first-order valence-corrected chi connectivity index (χ1v) is 6.72. The van der Waals surface area contributed by atoms with E-state index in [0.717, 1.165) is 5.56 Å². The Balaban J connectivity index is 2.28. The molecule has 1 N–H and O–H groups in total. The number of halogens is 1. The summed E-state index contributed by atoms with van der Waals surface area (Å²) in [4.78, 5) is 11.6. The largest absolute Gasteiger partial charge is 0.465 e. The summed E-state index contributed by atoms with van der Waals surface area (Å²) in [5.41, 5.74) is 1.85. The predicted molar refractivity (Wildman–Crippen MR) is 74.1 cm³/mol. The fraction of sp³-hybridized carbons (Fsp3) is 0.214. The maximum atomic E-state index is 13.3. The zero-order valence-corrected chi connectivity index (χ0v) is 11.5. The highest BCUT2D eigenvalue weighted by molar-refractivity contribution is 7.07. The van der Waals surface area contributed by atoms with Gasteiger partial charge in [-0.1, -0.05) is 0 Å². The Morgan fingerprint density at radius 2 is 2.21 bits per heavy atom. The number of rotatable bonds is 4. The van der Waals surface area contributed by atoms with Crippen molar-refractivity contribution in [2.24, 2.45) is 0 Å². The molecule has 0 fully saturated rings. The Hall–Kier alpha value is -1.88. The summed E-state index contributed by atoms with van der Waals surface area (Å²) in [7, 11) is 1.30. The topological polar surface area (TPSA) is 38.3 Å². The van der Waals surface area contributed by atoms with Crippen LogP contribution in [0.5, 0.6) is 0 Å². The van der Waals surface area contributed by atoms with E-state index in [4.69, 9.17) is 0 Å². The van der Waals surface area contributed by atoms with Crippen molar-refractivity contribution < 1.29 is 13.9 Å². The van der Waals surface area contributed by atoms with Crippen LogP contribution in [0.15, 0.2) is 35.0 Å². The Morgan fingerprint density at radius 3 is 2.84 bits per heavy atom. The van der Waals surface area contributed by atoms with Crippen molar-refractivity contribution in [2.75, 3.05) is 12.4 Å². The van der Waals surface area contributed by atoms with Gasteiger partial charge in [0, 0.05) is 6.04 Å². The summed E-state index contributed by atoms with van der Waals surface area (Å²) in [5.74, 6) is -0.882. The number of anilines is 1. The molecule has 0 aliphatic rings. The minimum atomic E-state index is -0.486. The van der Waals surface area contributed by atoms with Gasteiger partial charge in [-0.2, -0.15) is 11.3 Å². The second-order valence-electron chi connectivity index (χ2n) is 4.10. The van der Waals surface area contributed by atoms with Crippen molar-refractivity contribution in [3.8, 4) is 0 Å². The maximum absolute atomic E-state index is 13.3. The minimum absolute atomic E-state index is 0.0172. The Morgan fingerprint density at radius 1 is 1.42 bits per heavy atom. The molecular weight excluding hydrogens is 265 g/mol. The van der Waals surface area contributed by atoms with E-state index in [1.807, 2.05) is 23.8 Å². The highest BCUT2D eigenvalue weighted by Gasteiger charge is 2.15. The molecule has 0 aliphatic carbocycles. The van der Waals surface area contributed by atoms with E-state index in [-0.39, 0.29) is 6.04 Å². The zero-order chi connectivity index (χ0) is 13.8. The number of carbonyl (C=O) groups excluding carboxylic acids is 1. The van der Waals surface area contributed by atoms with Crippen LogP contribution in [0.3, 0.4) is 0 Å². The van der Waals surface area contributed by atoms with Gasteiger partial charge in [0.05, 0.1) is 18.4 Å². The fourth-order valence-electron chi connectivity index (χ4n) is 1.76. The molecule has 1 aromatic carbocycles. The lowest BCUT2D eigenvalue weighted by Crippen LogP contribution is -2.11. The average Bonchev–Trinajstić information content (AvgIpc) is 2.92. The number of hydrogen-bond donors (Lipinski definition) is 1. The minimum Gasteiger partial charge on any atom is -0.465 e. The molecule has 100 valence electrons. The maximum Gasteiger partial charge on any atom is 0.339 e. The van der Waals surface area contributed by atoms with Crippen molar-refractivity contribution in [2.45, 2.75) is 13.0 Å². The molecule has 0 spiro atoms. The van der Waals surface area contributed by atoms with E-state index in [1.165, 1.54) is 25.3 Å². The molecule has 1 aromatic heterocycles. The van der Waals surface area contributed by atoms with Crippen LogP contribution in [-0.4, -0.2) is 13.1 Å². The first-order valence-electron chi connectivity index (χ1n) is 5.78. The van der Waals surface area contributed by atoms with Crippen molar-refractivity contribution in [1.82, 2.24) is 0 Å². The van der Waals surface area contributed by atoms with Crippen LogP contribution >= 0.6 is 11.3 Å². The molecular formula is C14H14FNO2S. The van der Waals surface area contributed by atoms with Crippen LogP contribution in [0.2, 0.25) is 0 Å². The molecule has 2 rings (SSSR count). The van der Waals surface area contributed by atoms with E-state index in [2.05, 4.69) is 10.1 Å². The third-order valence-electron chi connectivity index (χ3n) is 2.80. The van der Waals surface area contributed by atoms with Gasteiger partial charge >= 0.3 is 5.97 Å². The first-order chi connectivity index (χ1) is 9.11. The summed E-state index contributed by atoms with van der Waals surface area (Å²) >= 11 is 1.59. The third-order valence-corrected chi connectivity index (χ3v) is 3.50. The number of ether oxygens (including phenoxy) is 1. The van der Waals surface area contributed by atoms with Gasteiger partial charge < -0.3 is 10.1 Å². The highest BCUT2D eigenvalue weighted by Crippen LogP contribution is 2.25. The SMILES string of the molecule is COC(=O)c1ccc(F)cc1NC(C)c1ccsc1. The molecule has 19 heavy (non-hydrogen) atoms. The van der Waals surface area contributed by atoms with Crippen molar-refractivity contribution in [3.63, 3.8) is 0 Å². The molecule has 0 saturated carbocycles. The Bertz CT molecular complexity index is 569. The first kappa shape index (κ1) is 13.5. The molecule has 1 heterocycles. The van der Waals surface area contributed by atoms with Gasteiger partial charge in [-0.3, -0.25) is 0 Å². The molecule has 0 amide bonds. The van der Waals surface area contributed by atoms with E-state index in [1.54, 1.807) is 11.3 Å². The van der Waals surface area contributed by atoms with E-state index >= 15 is 0 Å². The molecule has 0 aliphatic heterocycles. The third kappa shape index (κ3) is 3.12.